The van der Waals surface area contributed by atoms with Crippen LogP contribution in [0.25, 0.3) is 0 Å². The average molecular weight is 386 g/mol. The molecule has 0 aromatic rings. The highest BCUT2D eigenvalue weighted by Gasteiger charge is 2.13. The molecule has 0 aliphatic carbocycles. The summed E-state index contributed by atoms with van der Waals surface area (Å²) in [6, 6.07) is 0. The molecular formula is C18H48N3O3P. The van der Waals surface area contributed by atoms with Crippen molar-refractivity contribution in [3.63, 3.8) is 0 Å². The molecule has 158 valence electrons. The maximum atomic E-state index is 9.15. The molecule has 6 nitrogen and oxygen atoms in total. The molecule has 0 radical (unpaired) electrons. The van der Waals surface area contributed by atoms with Crippen LogP contribution in [-0.4, -0.2) is 109 Å². The Morgan fingerprint density at radius 2 is 0.600 bits per heavy atom. The lowest BCUT2D eigenvalue weighted by atomic mass is 10.1. The van der Waals surface area contributed by atoms with Crippen molar-refractivity contribution < 1.29 is 15.3 Å². The summed E-state index contributed by atoms with van der Waals surface area (Å²) in [4.78, 5) is 5.88. The molecule has 0 amide bonds. The summed E-state index contributed by atoms with van der Waals surface area (Å²) >= 11 is 0. The first-order chi connectivity index (χ1) is 10.2. The zero-order valence-electron chi connectivity index (χ0n) is 19.0. The molecule has 0 saturated carbocycles. The third-order valence-electron chi connectivity index (χ3n) is 2.11. The van der Waals surface area contributed by atoms with Crippen LogP contribution in [0.1, 0.15) is 41.5 Å². The summed E-state index contributed by atoms with van der Waals surface area (Å²) in [6.07, 6.45) is 0. The third kappa shape index (κ3) is 51.6. The van der Waals surface area contributed by atoms with Gasteiger partial charge in [-0.3, -0.25) is 0 Å². The van der Waals surface area contributed by atoms with Gasteiger partial charge in [0.1, 0.15) is 0 Å². The summed E-state index contributed by atoms with van der Waals surface area (Å²) in [5.41, 5.74) is -1.66. The number of nitrogens with zero attached hydrogens (tertiary/aromatic N) is 3. The van der Waals surface area contributed by atoms with Crippen molar-refractivity contribution in [2.24, 2.45) is 0 Å². The lowest BCUT2D eigenvalue weighted by Crippen LogP contribution is -2.33. The van der Waals surface area contributed by atoms with Crippen molar-refractivity contribution in [1.29, 1.82) is 0 Å². The molecule has 0 rings (SSSR count). The largest absolute Gasteiger partial charge is 0.389 e. The first-order valence-corrected chi connectivity index (χ1v) is 8.36. The molecule has 0 heterocycles. The van der Waals surface area contributed by atoms with Crippen LogP contribution in [-0.2, 0) is 0 Å². The first-order valence-electron chi connectivity index (χ1n) is 8.36. The lowest BCUT2D eigenvalue weighted by molar-refractivity contribution is 0.0512. The number of aliphatic hydroxyl groups is 3. The summed E-state index contributed by atoms with van der Waals surface area (Å²) < 4.78 is 0. The van der Waals surface area contributed by atoms with Crippen molar-refractivity contribution >= 4 is 9.90 Å². The van der Waals surface area contributed by atoms with E-state index in [1.165, 1.54) is 0 Å². The second-order valence-electron chi connectivity index (χ2n) is 9.15. The predicted octanol–water partition coefficient (Wildman–Crippen LogP) is 1.01. The van der Waals surface area contributed by atoms with Crippen molar-refractivity contribution in [3.8, 4) is 0 Å². The van der Waals surface area contributed by atoms with Gasteiger partial charge in [-0.05, 0) is 83.8 Å². The number of hydrogen-bond donors (Lipinski definition) is 3. The number of likely N-dealkylation sites (N-methyl/N-ethyl adjacent to an activating group) is 3. The van der Waals surface area contributed by atoms with Gasteiger partial charge in [0.25, 0.3) is 0 Å². The van der Waals surface area contributed by atoms with Crippen LogP contribution >= 0.6 is 9.90 Å². The molecule has 0 bridgehead atoms. The normalized spacial score (nSPS) is 12.2. The number of rotatable bonds is 6. The third-order valence-corrected chi connectivity index (χ3v) is 2.11. The molecule has 0 saturated heterocycles. The molecular weight excluding hydrogens is 337 g/mol. The minimum absolute atomic E-state index is 0. The van der Waals surface area contributed by atoms with E-state index in [1.807, 2.05) is 57.0 Å². The molecule has 0 fully saturated rings. The van der Waals surface area contributed by atoms with Gasteiger partial charge in [0, 0.05) is 19.6 Å². The van der Waals surface area contributed by atoms with Gasteiger partial charge < -0.3 is 30.0 Å². The molecule has 0 aliphatic rings. The Balaban J connectivity index is -0.000000130. The topological polar surface area (TPSA) is 70.4 Å². The fourth-order valence-corrected chi connectivity index (χ4v) is 2.32. The van der Waals surface area contributed by atoms with Gasteiger partial charge in [-0.15, -0.1) is 0 Å². The van der Waals surface area contributed by atoms with Crippen LogP contribution in [0.15, 0.2) is 0 Å². The summed E-state index contributed by atoms with van der Waals surface area (Å²) in [7, 11) is 11.7. The van der Waals surface area contributed by atoms with Crippen LogP contribution < -0.4 is 0 Å². The van der Waals surface area contributed by atoms with E-state index in [4.69, 9.17) is 15.3 Å². The summed E-state index contributed by atoms with van der Waals surface area (Å²) in [5, 5.41) is 27.4. The highest BCUT2D eigenvalue weighted by atomic mass is 31.0. The monoisotopic (exact) mass is 385 g/mol. The molecule has 25 heavy (non-hydrogen) atoms. The van der Waals surface area contributed by atoms with Gasteiger partial charge in [-0.2, -0.15) is 9.90 Å². The fraction of sp³-hybridized carbons (Fsp3) is 1.00. The summed E-state index contributed by atoms with van der Waals surface area (Å²) in [5.74, 6) is 0. The average Bonchev–Trinajstić information content (AvgIpc) is 2.04. The number of hydrogen-bond acceptors (Lipinski definition) is 6. The highest BCUT2D eigenvalue weighted by Crippen LogP contribution is 2.01. The highest BCUT2D eigenvalue weighted by molar-refractivity contribution is 6.92. The minimum atomic E-state index is -0.552. The molecule has 1 unspecified atom stereocenters. The van der Waals surface area contributed by atoms with Crippen LogP contribution in [0.5, 0.6) is 0 Å². The maximum Gasteiger partial charge on any atom is 0.0717 e. The van der Waals surface area contributed by atoms with Gasteiger partial charge >= 0.3 is 0 Å². The lowest BCUT2D eigenvalue weighted by Gasteiger charge is -2.21. The maximum absolute atomic E-state index is 9.15. The van der Waals surface area contributed by atoms with E-state index in [1.54, 1.807) is 41.5 Å². The van der Waals surface area contributed by atoms with Crippen LogP contribution in [0.3, 0.4) is 0 Å². The quantitative estimate of drug-likeness (QED) is 0.593. The second-order valence-corrected chi connectivity index (χ2v) is 9.15. The Labute approximate surface area is 160 Å². The van der Waals surface area contributed by atoms with E-state index in [2.05, 4.69) is 0 Å². The van der Waals surface area contributed by atoms with Crippen LogP contribution in [0.2, 0.25) is 0 Å². The Morgan fingerprint density at radius 1 is 0.480 bits per heavy atom. The minimum Gasteiger partial charge on any atom is -0.389 e. The second kappa shape index (κ2) is 14.3. The predicted molar refractivity (Wildman–Crippen MR) is 116 cm³/mol. The Bertz CT molecular complexity index is 244. The van der Waals surface area contributed by atoms with E-state index < -0.39 is 16.8 Å². The Morgan fingerprint density at radius 3 is 0.600 bits per heavy atom. The van der Waals surface area contributed by atoms with Crippen molar-refractivity contribution in [3.05, 3.63) is 0 Å². The zero-order chi connectivity index (χ0) is 20.4. The van der Waals surface area contributed by atoms with Crippen LogP contribution in [0.4, 0.5) is 0 Å². The van der Waals surface area contributed by atoms with Gasteiger partial charge in [-0.1, -0.05) is 0 Å². The van der Waals surface area contributed by atoms with E-state index >= 15 is 0 Å². The molecule has 3 N–H and O–H groups in total. The van der Waals surface area contributed by atoms with Gasteiger partial charge in [-0.25, -0.2) is 0 Å². The van der Waals surface area contributed by atoms with Gasteiger partial charge in [0.15, 0.2) is 0 Å². The molecule has 0 aliphatic heterocycles. The van der Waals surface area contributed by atoms with E-state index in [9.17, 15) is 0 Å². The van der Waals surface area contributed by atoms with Crippen molar-refractivity contribution in [2.75, 3.05) is 61.9 Å². The standard InChI is InChI=1S/3C6H15NO.H3P/c3*1-6(2,8)5-7(3)4;/h3*8H,5H2,1-4H3;1H3. The molecule has 1 atom stereocenters. The first kappa shape index (κ1) is 32.8. The molecule has 0 spiro atoms. The van der Waals surface area contributed by atoms with Crippen molar-refractivity contribution in [1.82, 2.24) is 14.7 Å². The zero-order valence-corrected chi connectivity index (χ0v) is 20.4. The smallest absolute Gasteiger partial charge is 0.0717 e. The van der Waals surface area contributed by atoms with Crippen molar-refractivity contribution in [2.45, 2.75) is 58.3 Å². The van der Waals surface area contributed by atoms with E-state index in [0.717, 1.165) is 0 Å². The molecule has 0 aromatic heterocycles. The van der Waals surface area contributed by atoms with Gasteiger partial charge in [0.2, 0.25) is 0 Å². The fourth-order valence-electron chi connectivity index (χ4n) is 2.32. The Kier molecular flexibility index (Phi) is 18.7. The molecule has 7 heteroatoms. The SMILES string of the molecule is CN(C)CC(C)(C)O.CN(C)CC(C)(C)O.CN(C)CC(C)(C)O.P. The van der Waals surface area contributed by atoms with E-state index in [-0.39, 0.29) is 9.90 Å². The summed E-state index contributed by atoms with van der Waals surface area (Å²) in [6.45, 7) is 12.9. The van der Waals surface area contributed by atoms with Gasteiger partial charge in [0.05, 0.1) is 16.8 Å². The van der Waals surface area contributed by atoms with Crippen LogP contribution in [0, 0.1) is 0 Å². The molecule has 0 aromatic carbocycles. The Hall–Kier alpha value is 0.190. The van der Waals surface area contributed by atoms with E-state index in [0.29, 0.717) is 19.6 Å².